The van der Waals surface area contributed by atoms with Gasteiger partial charge in [0.2, 0.25) is 10.0 Å². The van der Waals surface area contributed by atoms with Crippen molar-refractivity contribution < 1.29 is 37.3 Å². The maximum Gasteiger partial charge on any atom is 0.407 e. The number of alkyl carbamates (subject to hydrolysis) is 1. The maximum absolute atomic E-state index is 14.1. The first-order chi connectivity index (χ1) is 22.7. The van der Waals surface area contributed by atoms with Gasteiger partial charge in [-0.05, 0) is 60.9 Å². The molecule has 5 atom stereocenters. The van der Waals surface area contributed by atoms with E-state index in [-0.39, 0.29) is 49.3 Å². The number of anilines is 1. The monoisotopic (exact) mass is 689 g/mol. The van der Waals surface area contributed by atoms with E-state index in [9.17, 15) is 23.1 Å². The van der Waals surface area contributed by atoms with Gasteiger partial charge in [-0.3, -0.25) is 0 Å². The van der Waals surface area contributed by atoms with Crippen LogP contribution in [0.3, 0.4) is 0 Å². The quantitative estimate of drug-likeness (QED) is 0.153. The van der Waals surface area contributed by atoms with Crippen molar-refractivity contribution in [2.45, 2.75) is 75.4 Å². The number of urea groups is 1. The van der Waals surface area contributed by atoms with Gasteiger partial charge >= 0.3 is 12.1 Å². The number of hydrogen-bond donors (Lipinski definition) is 4. The van der Waals surface area contributed by atoms with E-state index in [0.717, 1.165) is 24.8 Å². The van der Waals surface area contributed by atoms with Crippen molar-refractivity contribution in [1.29, 1.82) is 0 Å². The summed E-state index contributed by atoms with van der Waals surface area (Å²) in [6, 6.07) is 14.3. The zero-order valence-electron chi connectivity index (χ0n) is 28.3. The highest BCUT2D eigenvalue weighted by Crippen LogP contribution is 2.33. The SMILES string of the molecule is CN(C)C(=O)NCCCCC(C)(C)CN(C[C@@H](O)[C@H](Cc1ccccc1)NC(=O)O[C@H]1CO[C@H]2OCC[C@H]21)S(=O)(=O)c1ccc(N)cc1. The van der Waals surface area contributed by atoms with Crippen LogP contribution in [0.25, 0.3) is 0 Å². The minimum atomic E-state index is -4.08. The number of sulfonamides is 1. The predicted octanol–water partition coefficient (Wildman–Crippen LogP) is 3.19. The molecular formula is C34H51N5O8S. The van der Waals surface area contributed by atoms with Crippen LogP contribution in [0.2, 0.25) is 0 Å². The lowest BCUT2D eigenvalue weighted by atomic mass is 9.87. The van der Waals surface area contributed by atoms with E-state index in [0.29, 0.717) is 25.3 Å². The third kappa shape index (κ3) is 10.5. The molecule has 0 radical (unpaired) electrons. The highest BCUT2D eigenvalue weighted by molar-refractivity contribution is 7.89. The minimum absolute atomic E-state index is 0.0487. The number of nitrogens with two attached hydrogens (primary N) is 1. The lowest BCUT2D eigenvalue weighted by Crippen LogP contribution is -2.52. The summed E-state index contributed by atoms with van der Waals surface area (Å²) in [5, 5.41) is 17.4. The Kier molecular flexibility index (Phi) is 13.1. The molecule has 2 heterocycles. The van der Waals surface area contributed by atoms with Crippen LogP contribution in [0.15, 0.2) is 59.5 Å². The molecule has 2 saturated heterocycles. The fourth-order valence-electron chi connectivity index (χ4n) is 6.03. The van der Waals surface area contributed by atoms with Gasteiger partial charge in [0.25, 0.3) is 0 Å². The number of carbonyl (C=O) groups excluding carboxylic acids is 2. The second-order valence-corrected chi connectivity index (χ2v) is 15.5. The van der Waals surface area contributed by atoms with Gasteiger partial charge in [0.05, 0.1) is 36.2 Å². The number of unbranched alkanes of at least 4 members (excludes halogenated alkanes) is 1. The van der Waals surface area contributed by atoms with Crippen LogP contribution in [-0.2, 0) is 30.7 Å². The maximum atomic E-state index is 14.1. The number of nitrogens with one attached hydrogen (secondary N) is 2. The van der Waals surface area contributed by atoms with E-state index in [1.807, 2.05) is 44.2 Å². The Bertz CT molecular complexity index is 1440. The highest BCUT2D eigenvalue weighted by atomic mass is 32.2. The number of nitrogens with zero attached hydrogens (tertiary/aromatic N) is 2. The van der Waals surface area contributed by atoms with Crippen LogP contribution in [0.5, 0.6) is 0 Å². The molecule has 3 amide bonds. The van der Waals surface area contributed by atoms with Crippen molar-refractivity contribution in [3.8, 4) is 0 Å². The summed E-state index contributed by atoms with van der Waals surface area (Å²) in [6.45, 7) is 5.04. The van der Waals surface area contributed by atoms with Crippen LogP contribution < -0.4 is 16.4 Å². The Morgan fingerprint density at radius 3 is 2.48 bits per heavy atom. The van der Waals surface area contributed by atoms with Crippen LogP contribution >= 0.6 is 0 Å². The zero-order valence-corrected chi connectivity index (χ0v) is 29.2. The molecule has 0 spiro atoms. The first-order valence-corrected chi connectivity index (χ1v) is 17.9. The molecule has 2 aliphatic heterocycles. The molecule has 2 aliphatic rings. The number of ether oxygens (including phenoxy) is 3. The normalized spacial score (nSPS) is 20.6. The Labute approximate surface area is 284 Å². The smallest absolute Gasteiger partial charge is 0.407 e. The van der Waals surface area contributed by atoms with Crippen LogP contribution in [-0.4, -0.2) is 106 Å². The Hall–Kier alpha value is -3.43. The third-order valence-electron chi connectivity index (χ3n) is 8.79. The Morgan fingerprint density at radius 1 is 1.08 bits per heavy atom. The highest BCUT2D eigenvalue weighted by Gasteiger charge is 2.44. The second kappa shape index (κ2) is 16.8. The molecule has 5 N–H and O–H groups in total. The van der Waals surface area contributed by atoms with Crippen molar-refractivity contribution in [3.63, 3.8) is 0 Å². The fourth-order valence-corrected chi connectivity index (χ4v) is 7.68. The molecule has 48 heavy (non-hydrogen) atoms. The molecule has 14 heteroatoms. The molecule has 0 aromatic heterocycles. The molecule has 0 saturated carbocycles. The van der Waals surface area contributed by atoms with Gasteiger partial charge in [-0.15, -0.1) is 0 Å². The number of aliphatic hydroxyl groups excluding tert-OH is 1. The van der Waals surface area contributed by atoms with Gasteiger partial charge in [-0.1, -0.05) is 50.6 Å². The summed E-state index contributed by atoms with van der Waals surface area (Å²) in [4.78, 5) is 26.6. The Balaban J connectivity index is 1.50. The van der Waals surface area contributed by atoms with Crippen molar-refractivity contribution in [3.05, 3.63) is 60.2 Å². The average Bonchev–Trinajstić information content (AvgIpc) is 3.66. The average molecular weight is 690 g/mol. The van der Waals surface area contributed by atoms with Crippen molar-refractivity contribution in [2.75, 3.05) is 52.7 Å². The lowest BCUT2D eigenvalue weighted by Gasteiger charge is -2.35. The molecule has 2 aromatic carbocycles. The molecule has 266 valence electrons. The number of rotatable bonds is 16. The summed E-state index contributed by atoms with van der Waals surface area (Å²) < 4.78 is 46.4. The van der Waals surface area contributed by atoms with E-state index < -0.39 is 39.8 Å². The molecule has 13 nitrogen and oxygen atoms in total. The van der Waals surface area contributed by atoms with Crippen molar-refractivity contribution >= 4 is 27.8 Å². The first-order valence-electron chi connectivity index (χ1n) is 16.5. The summed E-state index contributed by atoms with van der Waals surface area (Å²) in [6.07, 6.45) is 0.228. The number of nitrogen functional groups attached to an aromatic ring is 1. The van der Waals surface area contributed by atoms with E-state index in [4.69, 9.17) is 19.9 Å². The number of aliphatic hydroxyl groups is 1. The van der Waals surface area contributed by atoms with Crippen molar-refractivity contribution in [1.82, 2.24) is 19.8 Å². The van der Waals surface area contributed by atoms with E-state index in [1.54, 1.807) is 14.1 Å². The lowest BCUT2D eigenvalue weighted by molar-refractivity contribution is -0.0907. The second-order valence-electron chi connectivity index (χ2n) is 13.6. The van der Waals surface area contributed by atoms with Gasteiger partial charge in [0, 0.05) is 39.4 Å². The molecule has 0 aliphatic carbocycles. The van der Waals surface area contributed by atoms with Gasteiger partial charge in [0.15, 0.2) is 6.29 Å². The van der Waals surface area contributed by atoms with E-state index in [1.165, 1.54) is 33.5 Å². The zero-order chi connectivity index (χ0) is 34.9. The van der Waals surface area contributed by atoms with Crippen LogP contribution in [0.4, 0.5) is 15.3 Å². The topological polar surface area (TPSA) is 173 Å². The standard InChI is InChI=1S/C34H51N5O8S/c1-34(2,17-8-9-18-36-32(41)38(3)4)23-39(48(43,44)26-14-12-25(35)13-15-26)21-29(40)28(20-24-10-6-5-7-11-24)37-33(42)47-30-22-46-31-27(30)16-19-45-31/h5-7,10-15,27-31,40H,8-9,16-23,35H2,1-4H3,(H,36,41)(H,37,42)/t27-,28-,29+,30-,31+/m0/s1. The Morgan fingerprint density at radius 2 is 1.79 bits per heavy atom. The number of benzene rings is 2. The van der Waals surface area contributed by atoms with Gasteiger partial charge in [0.1, 0.15) is 6.10 Å². The van der Waals surface area contributed by atoms with Crippen molar-refractivity contribution in [2.24, 2.45) is 11.3 Å². The van der Waals surface area contributed by atoms with Crippen LogP contribution in [0, 0.1) is 11.3 Å². The molecule has 4 rings (SSSR count). The molecular weight excluding hydrogens is 638 g/mol. The summed E-state index contributed by atoms with van der Waals surface area (Å²) in [5.74, 6) is -0.0553. The molecule has 0 unspecified atom stereocenters. The number of hydrogen-bond acceptors (Lipinski definition) is 9. The summed E-state index contributed by atoms with van der Waals surface area (Å²) >= 11 is 0. The number of fused-ring (bicyclic) bond motifs is 1. The van der Waals surface area contributed by atoms with Gasteiger partial charge < -0.3 is 40.6 Å². The van der Waals surface area contributed by atoms with Crippen LogP contribution in [0.1, 0.15) is 45.1 Å². The van der Waals surface area contributed by atoms with Gasteiger partial charge in [-0.2, -0.15) is 4.31 Å². The fraction of sp³-hybridized carbons (Fsp3) is 0.588. The molecule has 0 bridgehead atoms. The molecule has 2 fully saturated rings. The van der Waals surface area contributed by atoms with E-state index >= 15 is 0 Å². The van der Waals surface area contributed by atoms with E-state index in [2.05, 4.69) is 10.6 Å². The summed E-state index contributed by atoms with van der Waals surface area (Å²) in [7, 11) is -0.731. The first kappa shape index (κ1) is 37.4. The molecule has 2 aromatic rings. The largest absolute Gasteiger partial charge is 0.443 e. The number of carbonyl (C=O) groups is 2. The number of amides is 3. The van der Waals surface area contributed by atoms with Gasteiger partial charge in [-0.25, -0.2) is 18.0 Å². The predicted molar refractivity (Wildman–Crippen MR) is 181 cm³/mol. The third-order valence-corrected chi connectivity index (χ3v) is 10.6. The summed E-state index contributed by atoms with van der Waals surface area (Å²) in [5.41, 5.74) is 6.63. The minimum Gasteiger partial charge on any atom is -0.443 e.